The predicted octanol–water partition coefficient (Wildman–Crippen LogP) is 4.22. The molecule has 0 aliphatic carbocycles. The maximum atomic E-state index is 8.31. The molecule has 0 aromatic carbocycles. The van der Waals surface area contributed by atoms with Crippen molar-refractivity contribution in [3.63, 3.8) is 0 Å². The summed E-state index contributed by atoms with van der Waals surface area (Å²) < 4.78 is 0. The normalized spacial score (nSPS) is 13.6. The van der Waals surface area contributed by atoms with E-state index in [1.165, 1.54) is 44.9 Å². The lowest BCUT2D eigenvalue weighted by Crippen LogP contribution is -1.95. The Balaban J connectivity index is 3.05. The molecule has 0 spiro atoms. The summed E-state index contributed by atoms with van der Waals surface area (Å²) in [7, 11) is 0. The van der Waals surface area contributed by atoms with E-state index in [2.05, 4.69) is 19.0 Å². The third kappa shape index (κ3) is 9.56. The molecule has 1 atom stereocenters. The smallest absolute Gasteiger partial charge is 0.0464 e. The molecule has 0 heterocycles. The molecule has 1 unspecified atom stereocenters. The van der Waals surface area contributed by atoms with Gasteiger partial charge in [0.2, 0.25) is 0 Å². The van der Waals surface area contributed by atoms with Gasteiger partial charge in [-0.05, 0) is 12.3 Å². The highest BCUT2D eigenvalue weighted by atomic mass is 16.4. The number of hydrogen-bond acceptors (Lipinski definition) is 2. The first-order chi connectivity index (χ1) is 6.81. The Bertz CT molecular complexity index is 134. The first-order valence-electron chi connectivity index (χ1n) is 5.98. The molecule has 0 aromatic rings. The Kier molecular flexibility index (Phi) is 10.2. The molecule has 14 heavy (non-hydrogen) atoms. The second kappa shape index (κ2) is 10.6. The van der Waals surface area contributed by atoms with Crippen LogP contribution in [0.2, 0.25) is 0 Å². The lowest BCUT2D eigenvalue weighted by molar-refractivity contribution is 0.318. The van der Waals surface area contributed by atoms with Crippen LogP contribution < -0.4 is 0 Å². The topological polar surface area (TPSA) is 32.6 Å². The Morgan fingerprint density at radius 2 is 1.64 bits per heavy atom. The fraction of sp³-hybridized carbons (Fsp3) is 0.917. The zero-order chi connectivity index (χ0) is 10.6. The van der Waals surface area contributed by atoms with E-state index < -0.39 is 0 Å². The van der Waals surface area contributed by atoms with Crippen LogP contribution in [0.3, 0.4) is 0 Å². The van der Waals surface area contributed by atoms with Crippen LogP contribution in [0.25, 0.3) is 0 Å². The molecule has 0 radical (unpaired) electrons. The fourth-order valence-electron chi connectivity index (χ4n) is 1.61. The highest BCUT2D eigenvalue weighted by Gasteiger charge is 1.97. The minimum Gasteiger partial charge on any atom is -0.411 e. The van der Waals surface area contributed by atoms with Crippen molar-refractivity contribution in [3.8, 4) is 0 Å². The molecule has 0 fully saturated rings. The van der Waals surface area contributed by atoms with Gasteiger partial charge in [0.25, 0.3) is 0 Å². The Morgan fingerprint density at radius 3 is 2.21 bits per heavy atom. The van der Waals surface area contributed by atoms with Crippen molar-refractivity contribution in [1.29, 1.82) is 0 Å². The molecule has 0 aliphatic rings. The summed E-state index contributed by atoms with van der Waals surface area (Å²) in [4.78, 5) is 0. The van der Waals surface area contributed by atoms with Gasteiger partial charge in [0, 0.05) is 6.21 Å². The quantitative estimate of drug-likeness (QED) is 0.256. The zero-order valence-electron chi connectivity index (χ0n) is 9.71. The van der Waals surface area contributed by atoms with E-state index in [4.69, 9.17) is 5.21 Å². The highest BCUT2D eigenvalue weighted by molar-refractivity contribution is 5.58. The molecule has 0 aliphatic heterocycles. The van der Waals surface area contributed by atoms with Gasteiger partial charge >= 0.3 is 0 Å². The molecule has 84 valence electrons. The SMILES string of the molecule is CCCCCCCCCC(C)/C=N/O. The first kappa shape index (κ1) is 13.5. The minimum absolute atomic E-state index is 0.427. The maximum absolute atomic E-state index is 8.31. The van der Waals surface area contributed by atoms with E-state index in [1.54, 1.807) is 6.21 Å². The van der Waals surface area contributed by atoms with Gasteiger partial charge in [-0.3, -0.25) is 0 Å². The average Bonchev–Trinajstić information content (AvgIpc) is 2.17. The van der Waals surface area contributed by atoms with Crippen LogP contribution in [0.4, 0.5) is 0 Å². The lowest BCUT2D eigenvalue weighted by atomic mass is 10.0. The van der Waals surface area contributed by atoms with Crippen LogP contribution in [0.15, 0.2) is 5.16 Å². The second-order valence-corrected chi connectivity index (χ2v) is 4.15. The van der Waals surface area contributed by atoms with Gasteiger partial charge in [0.1, 0.15) is 0 Å². The molecule has 0 rings (SSSR count). The minimum atomic E-state index is 0.427. The maximum Gasteiger partial charge on any atom is 0.0464 e. The molecule has 0 amide bonds. The summed E-state index contributed by atoms with van der Waals surface area (Å²) in [5.41, 5.74) is 0. The third-order valence-corrected chi connectivity index (χ3v) is 2.58. The Labute approximate surface area is 88.4 Å². The van der Waals surface area contributed by atoms with E-state index in [0.29, 0.717) is 5.92 Å². The van der Waals surface area contributed by atoms with Crippen molar-refractivity contribution < 1.29 is 5.21 Å². The van der Waals surface area contributed by atoms with Crippen LogP contribution in [0, 0.1) is 5.92 Å². The molecular formula is C12H25NO. The van der Waals surface area contributed by atoms with Gasteiger partial charge in [-0.15, -0.1) is 5.16 Å². The predicted molar refractivity (Wildman–Crippen MR) is 62.1 cm³/mol. The molecule has 2 heteroatoms. The van der Waals surface area contributed by atoms with Crippen LogP contribution >= 0.6 is 0 Å². The standard InChI is InChI=1S/C12H25NO/c1-3-4-5-6-7-8-9-10-12(2)11-13-14/h11-12,14H,3-10H2,1-2H3/b13-11+. The van der Waals surface area contributed by atoms with Crippen molar-refractivity contribution in [1.82, 2.24) is 0 Å². The van der Waals surface area contributed by atoms with E-state index in [1.807, 2.05) is 0 Å². The third-order valence-electron chi connectivity index (χ3n) is 2.58. The van der Waals surface area contributed by atoms with E-state index in [-0.39, 0.29) is 0 Å². The van der Waals surface area contributed by atoms with Crippen molar-refractivity contribution in [3.05, 3.63) is 0 Å². The number of hydrogen-bond donors (Lipinski definition) is 1. The van der Waals surface area contributed by atoms with Crippen LogP contribution in [-0.2, 0) is 0 Å². The number of rotatable bonds is 9. The summed E-state index contributed by atoms with van der Waals surface area (Å²) in [6.07, 6.45) is 12.2. The molecule has 0 aromatic heterocycles. The van der Waals surface area contributed by atoms with E-state index in [0.717, 1.165) is 6.42 Å². The summed E-state index contributed by atoms with van der Waals surface area (Å²) in [6.45, 7) is 4.34. The van der Waals surface area contributed by atoms with E-state index >= 15 is 0 Å². The molecule has 2 nitrogen and oxygen atoms in total. The summed E-state index contributed by atoms with van der Waals surface area (Å²) >= 11 is 0. The van der Waals surface area contributed by atoms with Gasteiger partial charge < -0.3 is 5.21 Å². The van der Waals surface area contributed by atoms with Gasteiger partial charge in [-0.1, -0.05) is 58.8 Å². The summed E-state index contributed by atoms with van der Waals surface area (Å²) in [5, 5.41) is 11.4. The van der Waals surface area contributed by atoms with Crippen molar-refractivity contribution in [2.45, 2.75) is 65.2 Å². The van der Waals surface area contributed by atoms with Gasteiger partial charge in [0.05, 0.1) is 0 Å². The first-order valence-corrected chi connectivity index (χ1v) is 5.98. The summed E-state index contributed by atoms with van der Waals surface area (Å²) in [6, 6.07) is 0. The Hall–Kier alpha value is -0.530. The van der Waals surface area contributed by atoms with Crippen LogP contribution in [0.5, 0.6) is 0 Å². The van der Waals surface area contributed by atoms with Gasteiger partial charge in [0.15, 0.2) is 0 Å². The molecular weight excluding hydrogens is 174 g/mol. The monoisotopic (exact) mass is 199 g/mol. The lowest BCUT2D eigenvalue weighted by Gasteiger charge is -2.04. The average molecular weight is 199 g/mol. The van der Waals surface area contributed by atoms with Crippen molar-refractivity contribution >= 4 is 6.21 Å². The van der Waals surface area contributed by atoms with Gasteiger partial charge in [-0.2, -0.15) is 0 Å². The fourth-order valence-corrected chi connectivity index (χ4v) is 1.61. The van der Waals surface area contributed by atoms with E-state index in [9.17, 15) is 0 Å². The summed E-state index contributed by atoms with van der Waals surface area (Å²) in [5.74, 6) is 0.427. The Morgan fingerprint density at radius 1 is 1.07 bits per heavy atom. The molecule has 0 bridgehead atoms. The number of unbranched alkanes of at least 4 members (excludes halogenated alkanes) is 6. The zero-order valence-corrected chi connectivity index (χ0v) is 9.71. The molecule has 0 saturated carbocycles. The van der Waals surface area contributed by atoms with Crippen LogP contribution in [0.1, 0.15) is 65.2 Å². The largest absolute Gasteiger partial charge is 0.411 e. The second-order valence-electron chi connectivity index (χ2n) is 4.15. The molecule has 0 saturated heterocycles. The highest BCUT2D eigenvalue weighted by Crippen LogP contribution is 2.11. The number of nitrogens with zero attached hydrogens (tertiary/aromatic N) is 1. The molecule has 1 N–H and O–H groups in total. The van der Waals surface area contributed by atoms with Crippen molar-refractivity contribution in [2.75, 3.05) is 0 Å². The van der Waals surface area contributed by atoms with Crippen molar-refractivity contribution in [2.24, 2.45) is 11.1 Å². The van der Waals surface area contributed by atoms with Crippen LogP contribution in [-0.4, -0.2) is 11.4 Å². The number of oxime groups is 1. The van der Waals surface area contributed by atoms with Gasteiger partial charge in [-0.25, -0.2) is 0 Å².